The van der Waals surface area contributed by atoms with E-state index in [4.69, 9.17) is 10.2 Å². The lowest BCUT2D eigenvalue weighted by atomic mass is 10.1. The number of carboxylic acids is 1. The third kappa shape index (κ3) is 4.82. The van der Waals surface area contributed by atoms with E-state index in [0.717, 1.165) is 12.2 Å². The summed E-state index contributed by atoms with van der Waals surface area (Å²) in [4.78, 5) is 21.6. The van der Waals surface area contributed by atoms with Crippen LogP contribution in [0.4, 0.5) is 0 Å². The Hall–Kier alpha value is -2.19. The van der Waals surface area contributed by atoms with E-state index < -0.39 is 27.9 Å². The van der Waals surface area contributed by atoms with E-state index in [0.29, 0.717) is 5.56 Å². The van der Waals surface area contributed by atoms with E-state index in [2.05, 4.69) is 5.32 Å². The van der Waals surface area contributed by atoms with Gasteiger partial charge in [0.15, 0.2) is 0 Å². The van der Waals surface area contributed by atoms with Gasteiger partial charge in [0.1, 0.15) is 0 Å². The van der Waals surface area contributed by atoms with E-state index in [9.17, 15) is 18.0 Å². The second-order valence-corrected chi connectivity index (χ2v) is 5.58. The Balaban J connectivity index is 2.76. The zero-order chi connectivity index (χ0) is 15.3. The average molecular weight is 298 g/mol. The molecule has 7 nitrogen and oxygen atoms in total. The number of primary sulfonamides is 1. The molecule has 20 heavy (non-hydrogen) atoms. The van der Waals surface area contributed by atoms with Gasteiger partial charge < -0.3 is 10.4 Å². The Morgan fingerprint density at radius 3 is 2.25 bits per heavy atom. The fourth-order valence-electron chi connectivity index (χ4n) is 1.44. The smallest absolute Gasteiger partial charge is 0.328 e. The Morgan fingerprint density at radius 1 is 1.25 bits per heavy atom. The van der Waals surface area contributed by atoms with Gasteiger partial charge in [0.05, 0.1) is 10.9 Å². The highest BCUT2D eigenvalue weighted by molar-refractivity contribution is 7.89. The molecule has 0 bridgehead atoms. The lowest BCUT2D eigenvalue weighted by molar-refractivity contribution is -0.131. The molecular weight excluding hydrogens is 284 g/mol. The maximum atomic E-state index is 11.4. The first kappa shape index (κ1) is 15.9. The van der Waals surface area contributed by atoms with Crippen LogP contribution in [0.5, 0.6) is 0 Å². The molecule has 1 rings (SSSR count). The summed E-state index contributed by atoms with van der Waals surface area (Å²) in [6.45, 7) is 1.68. The van der Waals surface area contributed by atoms with Gasteiger partial charge in [-0.1, -0.05) is 12.1 Å². The number of sulfonamides is 1. The molecule has 0 aliphatic carbocycles. The molecular formula is C12H14N2O5S. The molecule has 1 aromatic carbocycles. The van der Waals surface area contributed by atoms with Gasteiger partial charge in [-0.15, -0.1) is 0 Å². The highest BCUT2D eigenvalue weighted by Crippen LogP contribution is 2.15. The normalized spacial score (nSPS) is 13.1. The van der Waals surface area contributed by atoms with Crippen LogP contribution in [0.2, 0.25) is 0 Å². The molecule has 0 aliphatic rings. The molecule has 8 heteroatoms. The second-order valence-electron chi connectivity index (χ2n) is 4.02. The second kappa shape index (κ2) is 6.31. The van der Waals surface area contributed by atoms with E-state index in [1.54, 1.807) is 6.92 Å². The van der Waals surface area contributed by atoms with Crippen LogP contribution < -0.4 is 10.5 Å². The highest BCUT2D eigenvalue weighted by atomic mass is 32.2. The third-order valence-corrected chi connectivity index (χ3v) is 3.37. The van der Waals surface area contributed by atoms with Crippen molar-refractivity contribution in [3.05, 3.63) is 42.0 Å². The SMILES string of the molecule is CC(NC(=O)/C=C/C(=O)O)c1ccc(S(N)(=O)=O)cc1. The first-order valence-corrected chi connectivity index (χ1v) is 7.09. The Labute approximate surface area is 116 Å². The van der Waals surface area contributed by atoms with Gasteiger partial charge in [-0.3, -0.25) is 4.79 Å². The molecule has 0 saturated heterocycles. The zero-order valence-electron chi connectivity index (χ0n) is 10.6. The fraction of sp³-hybridized carbons (Fsp3) is 0.167. The summed E-state index contributed by atoms with van der Waals surface area (Å²) in [5.74, 6) is -1.78. The molecule has 0 aromatic heterocycles. The van der Waals surface area contributed by atoms with Crippen molar-refractivity contribution >= 4 is 21.9 Å². The van der Waals surface area contributed by atoms with Gasteiger partial charge in [-0.25, -0.2) is 18.4 Å². The fourth-order valence-corrected chi connectivity index (χ4v) is 1.95. The molecule has 0 fully saturated rings. The third-order valence-electron chi connectivity index (χ3n) is 2.44. The topological polar surface area (TPSA) is 127 Å². The summed E-state index contributed by atoms with van der Waals surface area (Å²) >= 11 is 0. The lowest BCUT2D eigenvalue weighted by Crippen LogP contribution is -2.25. The minimum absolute atomic E-state index is 0.0226. The van der Waals surface area contributed by atoms with Crippen LogP contribution in [0.1, 0.15) is 18.5 Å². The molecule has 0 saturated carbocycles. The minimum Gasteiger partial charge on any atom is -0.478 e. The lowest BCUT2D eigenvalue weighted by Gasteiger charge is -2.13. The maximum absolute atomic E-state index is 11.4. The molecule has 108 valence electrons. The van der Waals surface area contributed by atoms with Crippen molar-refractivity contribution in [2.24, 2.45) is 5.14 Å². The number of aliphatic carboxylic acids is 1. The van der Waals surface area contributed by atoms with Crippen molar-refractivity contribution in [3.63, 3.8) is 0 Å². The minimum atomic E-state index is -3.75. The van der Waals surface area contributed by atoms with E-state index >= 15 is 0 Å². The first-order valence-electron chi connectivity index (χ1n) is 5.54. The number of hydrogen-bond donors (Lipinski definition) is 3. The summed E-state index contributed by atoms with van der Waals surface area (Å²) in [6.07, 6.45) is 1.63. The van der Waals surface area contributed by atoms with Crippen molar-refractivity contribution in [2.45, 2.75) is 17.9 Å². The van der Waals surface area contributed by atoms with Gasteiger partial charge in [0.2, 0.25) is 15.9 Å². The van der Waals surface area contributed by atoms with Crippen molar-refractivity contribution in [2.75, 3.05) is 0 Å². The maximum Gasteiger partial charge on any atom is 0.328 e. The Bertz CT molecular complexity index is 634. The molecule has 1 atom stereocenters. The van der Waals surface area contributed by atoms with Gasteiger partial charge in [-0.2, -0.15) is 0 Å². The Morgan fingerprint density at radius 2 is 1.80 bits per heavy atom. The van der Waals surface area contributed by atoms with Crippen LogP contribution in [0.15, 0.2) is 41.3 Å². The zero-order valence-corrected chi connectivity index (χ0v) is 11.4. The summed E-state index contributed by atoms with van der Waals surface area (Å²) in [7, 11) is -3.75. The molecule has 0 heterocycles. The summed E-state index contributed by atoms with van der Waals surface area (Å²) < 4.78 is 22.2. The number of carboxylic acid groups (broad SMARTS) is 1. The number of benzene rings is 1. The number of hydrogen-bond acceptors (Lipinski definition) is 4. The summed E-state index contributed by atoms with van der Waals surface area (Å²) in [5.41, 5.74) is 0.662. The first-order chi connectivity index (χ1) is 9.20. The number of nitrogens with two attached hydrogens (primary N) is 1. The quantitative estimate of drug-likeness (QED) is 0.667. The van der Waals surface area contributed by atoms with Crippen molar-refractivity contribution in [1.82, 2.24) is 5.32 Å². The molecule has 1 unspecified atom stereocenters. The van der Waals surface area contributed by atoms with Crippen molar-refractivity contribution < 1.29 is 23.1 Å². The van der Waals surface area contributed by atoms with Crippen LogP contribution >= 0.6 is 0 Å². The van der Waals surface area contributed by atoms with E-state index in [1.807, 2.05) is 0 Å². The predicted molar refractivity (Wildman–Crippen MR) is 71.1 cm³/mol. The van der Waals surface area contributed by atoms with Crippen molar-refractivity contribution in [1.29, 1.82) is 0 Å². The van der Waals surface area contributed by atoms with E-state index in [-0.39, 0.29) is 4.90 Å². The number of amides is 1. The van der Waals surface area contributed by atoms with Gasteiger partial charge in [0.25, 0.3) is 0 Å². The highest BCUT2D eigenvalue weighted by Gasteiger charge is 2.11. The Kier molecular flexibility index (Phi) is 5.00. The standard InChI is InChI=1S/C12H14N2O5S/c1-8(14-11(15)6-7-12(16)17)9-2-4-10(5-3-9)20(13,18)19/h2-8H,1H3,(H,14,15)(H,16,17)(H2,13,18,19)/b7-6+. The monoisotopic (exact) mass is 298 g/mol. The van der Waals surface area contributed by atoms with Crippen LogP contribution in [0.3, 0.4) is 0 Å². The number of nitrogens with one attached hydrogen (secondary N) is 1. The van der Waals surface area contributed by atoms with Gasteiger partial charge >= 0.3 is 5.97 Å². The van der Waals surface area contributed by atoms with Crippen LogP contribution in [-0.4, -0.2) is 25.4 Å². The number of carbonyl (C=O) groups excluding carboxylic acids is 1. The predicted octanol–water partition coefficient (Wildman–Crippen LogP) is 0.152. The van der Waals surface area contributed by atoms with E-state index in [1.165, 1.54) is 24.3 Å². The van der Waals surface area contributed by atoms with Crippen molar-refractivity contribution in [3.8, 4) is 0 Å². The molecule has 0 radical (unpaired) electrons. The van der Waals surface area contributed by atoms with Crippen LogP contribution in [-0.2, 0) is 19.6 Å². The molecule has 0 spiro atoms. The summed E-state index contributed by atoms with van der Waals surface area (Å²) in [5, 5.41) is 15.9. The number of rotatable bonds is 5. The van der Waals surface area contributed by atoms with Crippen LogP contribution in [0, 0.1) is 0 Å². The molecule has 4 N–H and O–H groups in total. The van der Waals surface area contributed by atoms with Gasteiger partial charge in [0, 0.05) is 12.2 Å². The molecule has 0 aliphatic heterocycles. The average Bonchev–Trinajstić information content (AvgIpc) is 2.35. The van der Waals surface area contributed by atoms with Gasteiger partial charge in [-0.05, 0) is 24.6 Å². The number of carbonyl (C=O) groups is 2. The summed E-state index contributed by atoms with van der Waals surface area (Å²) in [6, 6.07) is 5.30. The largest absolute Gasteiger partial charge is 0.478 e. The molecule has 1 aromatic rings. The van der Waals surface area contributed by atoms with Crippen LogP contribution in [0.25, 0.3) is 0 Å². The molecule has 1 amide bonds.